The molecule has 2 aliphatic rings. The average Bonchev–Trinajstić information content (AvgIpc) is 2.21. The molecule has 0 aromatic heterocycles. The van der Waals surface area contributed by atoms with Crippen LogP contribution in [0.4, 0.5) is 4.79 Å². The third kappa shape index (κ3) is 0.980. The SMILES string of the molecule is CC(=O)N1CC2(C1)NC(=O)NC2=O. The van der Waals surface area contributed by atoms with Crippen molar-refractivity contribution in [1.29, 1.82) is 0 Å². The highest BCUT2D eigenvalue weighted by Gasteiger charge is 2.55. The zero-order chi connectivity index (χ0) is 9.64. The Bertz CT molecular complexity index is 306. The van der Waals surface area contributed by atoms with Crippen molar-refractivity contribution in [2.24, 2.45) is 0 Å². The third-order valence-corrected chi connectivity index (χ3v) is 2.38. The van der Waals surface area contributed by atoms with Crippen LogP contribution in [-0.2, 0) is 9.59 Å². The first-order valence-electron chi connectivity index (χ1n) is 3.93. The van der Waals surface area contributed by atoms with Gasteiger partial charge in [-0.1, -0.05) is 0 Å². The number of carbonyl (C=O) groups excluding carboxylic acids is 3. The fraction of sp³-hybridized carbons (Fsp3) is 0.571. The molecule has 70 valence electrons. The average molecular weight is 183 g/mol. The summed E-state index contributed by atoms with van der Waals surface area (Å²) >= 11 is 0. The quantitative estimate of drug-likeness (QED) is 0.445. The molecule has 2 rings (SSSR count). The molecule has 2 saturated heterocycles. The minimum absolute atomic E-state index is 0.0837. The van der Waals surface area contributed by atoms with Crippen LogP contribution in [-0.4, -0.2) is 41.4 Å². The van der Waals surface area contributed by atoms with Crippen LogP contribution in [0.25, 0.3) is 0 Å². The number of amides is 4. The van der Waals surface area contributed by atoms with Crippen molar-refractivity contribution < 1.29 is 14.4 Å². The van der Waals surface area contributed by atoms with E-state index in [0.29, 0.717) is 0 Å². The van der Waals surface area contributed by atoms with Crippen molar-refractivity contribution in [3.05, 3.63) is 0 Å². The van der Waals surface area contributed by atoms with Gasteiger partial charge < -0.3 is 10.2 Å². The van der Waals surface area contributed by atoms with Crippen molar-refractivity contribution >= 4 is 17.8 Å². The molecule has 2 fully saturated rings. The van der Waals surface area contributed by atoms with E-state index in [0.717, 1.165) is 0 Å². The maximum absolute atomic E-state index is 11.2. The summed E-state index contributed by atoms with van der Waals surface area (Å²) in [6, 6.07) is -0.479. The van der Waals surface area contributed by atoms with E-state index in [2.05, 4.69) is 10.6 Å². The fourth-order valence-corrected chi connectivity index (χ4v) is 1.58. The van der Waals surface area contributed by atoms with E-state index in [1.807, 2.05) is 0 Å². The summed E-state index contributed by atoms with van der Waals surface area (Å²) in [5, 5.41) is 4.65. The molecular weight excluding hydrogens is 174 g/mol. The molecule has 2 N–H and O–H groups in total. The van der Waals surface area contributed by atoms with Gasteiger partial charge in [0.2, 0.25) is 5.91 Å². The van der Waals surface area contributed by atoms with Crippen LogP contribution in [0, 0.1) is 0 Å². The number of carbonyl (C=O) groups is 3. The topological polar surface area (TPSA) is 78.5 Å². The van der Waals surface area contributed by atoms with E-state index in [-0.39, 0.29) is 24.9 Å². The lowest BCUT2D eigenvalue weighted by molar-refractivity contribution is -0.142. The van der Waals surface area contributed by atoms with Gasteiger partial charge in [-0.2, -0.15) is 0 Å². The van der Waals surface area contributed by atoms with Crippen LogP contribution in [0.3, 0.4) is 0 Å². The second-order valence-corrected chi connectivity index (χ2v) is 3.37. The summed E-state index contributed by atoms with van der Waals surface area (Å²) in [4.78, 5) is 34.4. The van der Waals surface area contributed by atoms with Gasteiger partial charge in [-0.15, -0.1) is 0 Å². The van der Waals surface area contributed by atoms with Gasteiger partial charge in [-0.3, -0.25) is 14.9 Å². The number of imide groups is 1. The molecule has 0 radical (unpaired) electrons. The van der Waals surface area contributed by atoms with Gasteiger partial charge in [0.15, 0.2) is 5.54 Å². The molecule has 6 heteroatoms. The predicted molar refractivity (Wildman–Crippen MR) is 41.7 cm³/mol. The lowest BCUT2D eigenvalue weighted by Gasteiger charge is -2.44. The van der Waals surface area contributed by atoms with E-state index in [4.69, 9.17) is 0 Å². The standard InChI is InChI=1S/C7H9N3O3/c1-4(11)10-2-7(3-10)5(12)8-6(13)9-7/h2-3H2,1H3,(H2,8,9,12,13). The zero-order valence-electron chi connectivity index (χ0n) is 7.09. The highest BCUT2D eigenvalue weighted by molar-refractivity contribution is 6.08. The van der Waals surface area contributed by atoms with E-state index < -0.39 is 11.6 Å². The molecule has 0 saturated carbocycles. The summed E-state index contributed by atoms with van der Waals surface area (Å²) in [5.41, 5.74) is -0.844. The number of hydrogen-bond donors (Lipinski definition) is 2. The minimum Gasteiger partial charge on any atom is -0.337 e. The van der Waals surface area contributed by atoms with Crippen LogP contribution in [0.2, 0.25) is 0 Å². The van der Waals surface area contributed by atoms with Gasteiger partial charge in [0.1, 0.15) is 0 Å². The Morgan fingerprint density at radius 2 is 2.08 bits per heavy atom. The maximum atomic E-state index is 11.2. The molecule has 0 bridgehead atoms. The Hall–Kier alpha value is -1.59. The van der Waals surface area contributed by atoms with Gasteiger partial charge in [0.05, 0.1) is 13.1 Å². The highest BCUT2D eigenvalue weighted by atomic mass is 16.2. The molecular formula is C7H9N3O3. The lowest BCUT2D eigenvalue weighted by Crippen LogP contribution is -2.71. The molecule has 0 unspecified atom stereocenters. The van der Waals surface area contributed by atoms with Crippen molar-refractivity contribution in [1.82, 2.24) is 15.5 Å². The molecule has 0 atom stereocenters. The monoisotopic (exact) mass is 183 g/mol. The molecule has 13 heavy (non-hydrogen) atoms. The molecule has 2 aliphatic heterocycles. The van der Waals surface area contributed by atoms with Crippen LogP contribution in [0.1, 0.15) is 6.92 Å². The van der Waals surface area contributed by atoms with Crippen LogP contribution in [0.15, 0.2) is 0 Å². The summed E-state index contributed by atoms with van der Waals surface area (Å²) in [6.45, 7) is 1.99. The first kappa shape index (κ1) is 8.03. The fourth-order valence-electron chi connectivity index (χ4n) is 1.58. The van der Waals surface area contributed by atoms with Crippen molar-refractivity contribution in [3.63, 3.8) is 0 Å². The second kappa shape index (κ2) is 2.21. The third-order valence-electron chi connectivity index (χ3n) is 2.38. The Balaban J connectivity index is 2.07. The first-order valence-corrected chi connectivity index (χ1v) is 3.93. The van der Waals surface area contributed by atoms with Crippen LogP contribution >= 0.6 is 0 Å². The molecule has 4 amide bonds. The van der Waals surface area contributed by atoms with Gasteiger partial charge in [-0.25, -0.2) is 4.79 Å². The highest BCUT2D eigenvalue weighted by Crippen LogP contribution is 2.23. The van der Waals surface area contributed by atoms with Gasteiger partial charge >= 0.3 is 6.03 Å². The second-order valence-electron chi connectivity index (χ2n) is 3.37. The van der Waals surface area contributed by atoms with Gasteiger partial charge in [0, 0.05) is 6.92 Å². The first-order chi connectivity index (χ1) is 6.03. The Morgan fingerprint density at radius 1 is 1.46 bits per heavy atom. The minimum atomic E-state index is -0.844. The normalized spacial score (nSPS) is 23.9. The molecule has 0 aromatic rings. The summed E-state index contributed by atoms with van der Waals surface area (Å²) < 4.78 is 0. The molecule has 2 heterocycles. The molecule has 0 aliphatic carbocycles. The van der Waals surface area contributed by atoms with E-state index in [1.54, 1.807) is 0 Å². The van der Waals surface area contributed by atoms with Gasteiger partial charge in [-0.05, 0) is 0 Å². The smallest absolute Gasteiger partial charge is 0.322 e. The molecule has 6 nitrogen and oxygen atoms in total. The number of nitrogens with zero attached hydrogens (tertiary/aromatic N) is 1. The van der Waals surface area contributed by atoms with Gasteiger partial charge in [0.25, 0.3) is 5.91 Å². The van der Waals surface area contributed by atoms with Crippen LogP contribution in [0.5, 0.6) is 0 Å². The summed E-state index contributed by atoms with van der Waals surface area (Å²) in [5.74, 6) is -0.422. The predicted octanol–water partition coefficient (Wildman–Crippen LogP) is -1.57. The zero-order valence-corrected chi connectivity index (χ0v) is 7.09. The Morgan fingerprint density at radius 3 is 2.46 bits per heavy atom. The Labute approximate surface area is 74.3 Å². The largest absolute Gasteiger partial charge is 0.337 e. The van der Waals surface area contributed by atoms with Crippen molar-refractivity contribution in [3.8, 4) is 0 Å². The Kier molecular flexibility index (Phi) is 1.37. The number of nitrogens with one attached hydrogen (secondary N) is 2. The summed E-state index contributed by atoms with van der Waals surface area (Å²) in [6.07, 6.45) is 0. The maximum Gasteiger partial charge on any atom is 0.322 e. The van der Waals surface area contributed by atoms with E-state index >= 15 is 0 Å². The molecule has 0 aromatic carbocycles. The summed E-state index contributed by atoms with van der Waals surface area (Å²) in [7, 11) is 0. The van der Waals surface area contributed by atoms with Crippen molar-refractivity contribution in [2.75, 3.05) is 13.1 Å². The lowest BCUT2D eigenvalue weighted by atomic mass is 9.90. The number of likely N-dealkylation sites (tertiary alicyclic amines) is 1. The number of urea groups is 1. The number of rotatable bonds is 0. The number of hydrogen-bond acceptors (Lipinski definition) is 3. The molecule has 1 spiro atoms. The van der Waals surface area contributed by atoms with Crippen LogP contribution < -0.4 is 10.6 Å². The van der Waals surface area contributed by atoms with E-state index in [9.17, 15) is 14.4 Å². The van der Waals surface area contributed by atoms with E-state index in [1.165, 1.54) is 11.8 Å². The van der Waals surface area contributed by atoms with Crippen molar-refractivity contribution in [2.45, 2.75) is 12.5 Å².